The largest absolute Gasteiger partial charge is 0.313 e. The molecule has 6 heteroatoms. The number of nitrogens with zero attached hydrogens (tertiary/aromatic N) is 1. The second kappa shape index (κ2) is 4.97. The number of rotatable bonds is 3. The van der Waals surface area contributed by atoms with Gasteiger partial charge in [-0.15, -0.1) is 11.3 Å². The average Bonchev–Trinajstić information content (AvgIpc) is 2.75. The number of hydrogen-bond donors (Lipinski definition) is 1. The monoisotopic (exact) mass is 262 g/mol. The van der Waals surface area contributed by atoms with Crippen molar-refractivity contribution in [2.45, 2.75) is 6.92 Å². The van der Waals surface area contributed by atoms with Crippen LogP contribution in [0.25, 0.3) is 0 Å². The molecule has 0 aliphatic carbocycles. The minimum absolute atomic E-state index is 0.0288. The topological polar surface area (TPSA) is 72.2 Å². The van der Waals surface area contributed by atoms with Crippen molar-refractivity contribution in [3.63, 3.8) is 0 Å². The maximum absolute atomic E-state index is 11.9. The van der Waals surface area contributed by atoms with Gasteiger partial charge in [-0.2, -0.15) is 0 Å². The quantitative estimate of drug-likeness (QED) is 0.681. The predicted octanol–water partition coefficient (Wildman–Crippen LogP) is 3.22. The molecule has 5 nitrogen and oxygen atoms in total. The smallest absolute Gasteiger partial charge is 0.269 e. The number of amides is 1. The first-order chi connectivity index (χ1) is 8.58. The molecule has 18 heavy (non-hydrogen) atoms. The fourth-order valence-electron chi connectivity index (χ4n) is 1.41. The number of carbonyl (C=O) groups is 1. The van der Waals surface area contributed by atoms with Crippen LogP contribution in [0.2, 0.25) is 0 Å². The fourth-order valence-corrected chi connectivity index (χ4v) is 2.22. The van der Waals surface area contributed by atoms with Crippen LogP contribution in [0, 0.1) is 17.0 Å². The molecule has 2 aromatic rings. The summed E-state index contributed by atoms with van der Waals surface area (Å²) in [5.41, 5.74) is 1.36. The summed E-state index contributed by atoms with van der Waals surface area (Å²) < 4.78 is 0. The maximum Gasteiger partial charge on any atom is 0.269 e. The van der Waals surface area contributed by atoms with E-state index in [0.717, 1.165) is 10.6 Å². The maximum atomic E-state index is 11.9. The lowest BCUT2D eigenvalue weighted by atomic mass is 10.2. The number of hydrogen-bond acceptors (Lipinski definition) is 4. The van der Waals surface area contributed by atoms with Gasteiger partial charge in [0.15, 0.2) is 0 Å². The van der Waals surface area contributed by atoms with E-state index in [1.807, 2.05) is 18.4 Å². The Kier molecular flexibility index (Phi) is 3.38. The van der Waals surface area contributed by atoms with Gasteiger partial charge >= 0.3 is 0 Å². The summed E-state index contributed by atoms with van der Waals surface area (Å²) in [4.78, 5) is 21.9. The number of nitro groups is 1. The number of aryl methyl sites for hydroxylation is 1. The molecule has 0 radical (unpaired) electrons. The number of nitro benzene ring substituents is 1. The normalized spacial score (nSPS) is 10.1. The summed E-state index contributed by atoms with van der Waals surface area (Å²) in [5, 5.41) is 15.9. The van der Waals surface area contributed by atoms with Gasteiger partial charge in [0.05, 0.1) is 9.92 Å². The Labute approximate surface area is 107 Å². The molecule has 0 bridgehead atoms. The molecule has 0 saturated carbocycles. The van der Waals surface area contributed by atoms with Crippen LogP contribution in [0.15, 0.2) is 35.7 Å². The molecule has 0 aliphatic heterocycles. The minimum Gasteiger partial charge on any atom is -0.313 e. The molecule has 1 heterocycles. The van der Waals surface area contributed by atoms with E-state index in [9.17, 15) is 14.9 Å². The lowest BCUT2D eigenvalue weighted by molar-refractivity contribution is -0.384. The Morgan fingerprint density at radius 2 is 1.94 bits per heavy atom. The van der Waals surface area contributed by atoms with Crippen molar-refractivity contribution >= 4 is 27.9 Å². The van der Waals surface area contributed by atoms with Gasteiger partial charge < -0.3 is 5.32 Å². The second-order valence-corrected chi connectivity index (χ2v) is 4.61. The van der Waals surface area contributed by atoms with E-state index in [0.29, 0.717) is 5.56 Å². The highest BCUT2D eigenvalue weighted by Gasteiger charge is 2.10. The number of nitrogens with one attached hydrogen (secondary N) is 1. The van der Waals surface area contributed by atoms with Crippen molar-refractivity contribution < 1.29 is 9.72 Å². The number of thiophene rings is 1. The van der Waals surface area contributed by atoms with Crippen molar-refractivity contribution in [3.8, 4) is 0 Å². The van der Waals surface area contributed by atoms with Crippen LogP contribution in [0.5, 0.6) is 0 Å². The van der Waals surface area contributed by atoms with Gasteiger partial charge in [-0.3, -0.25) is 14.9 Å². The van der Waals surface area contributed by atoms with E-state index in [2.05, 4.69) is 5.32 Å². The van der Waals surface area contributed by atoms with Gasteiger partial charge in [-0.25, -0.2) is 0 Å². The lowest BCUT2D eigenvalue weighted by Gasteiger charge is -2.03. The van der Waals surface area contributed by atoms with Gasteiger partial charge in [-0.05, 0) is 36.1 Å². The first-order valence-corrected chi connectivity index (χ1v) is 6.06. The molecule has 1 aromatic heterocycles. The molecular weight excluding hydrogens is 252 g/mol. The molecule has 2 rings (SSSR count). The van der Waals surface area contributed by atoms with Gasteiger partial charge in [0.1, 0.15) is 0 Å². The summed E-state index contributed by atoms with van der Waals surface area (Å²) in [7, 11) is 0. The van der Waals surface area contributed by atoms with Crippen molar-refractivity contribution in [2.24, 2.45) is 0 Å². The van der Waals surface area contributed by atoms with Crippen LogP contribution >= 0.6 is 11.3 Å². The first kappa shape index (κ1) is 12.3. The summed E-state index contributed by atoms with van der Waals surface area (Å²) in [6.45, 7) is 1.90. The van der Waals surface area contributed by atoms with E-state index in [1.165, 1.54) is 35.6 Å². The van der Waals surface area contributed by atoms with Gasteiger partial charge in [0.2, 0.25) is 0 Å². The zero-order valence-electron chi connectivity index (χ0n) is 9.54. The average molecular weight is 262 g/mol. The zero-order valence-corrected chi connectivity index (χ0v) is 10.4. The molecule has 0 atom stereocenters. The van der Waals surface area contributed by atoms with Crippen LogP contribution in [-0.4, -0.2) is 10.8 Å². The highest BCUT2D eigenvalue weighted by molar-refractivity contribution is 7.14. The Hall–Kier alpha value is -2.21. The van der Waals surface area contributed by atoms with Crippen LogP contribution in [0.4, 0.5) is 10.7 Å². The van der Waals surface area contributed by atoms with Gasteiger partial charge in [0, 0.05) is 17.7 Å². The van der Waals surface area contributed by atoms with Crippen molar-refractivity contribution in [3.05, 3.63) is 57.0 Å². The summed E-state index contributed by atoms with van der Waals surface area (Å²) in [6, 6.07) is 7.43. The third-order valence-electron chi connectivity index (χ3n) is 2.43. The van der Waals surface area contributed by atoms with E-state index >= 15 is 0 Å². The van der Waals surface area contributed by atoms with Gasteiger partial charge in [0.25, 0.3) is 11.6 Å². The Morgan fingerprint density at radius 1 is 1.28 bits per heavy atom. The molecule has 1 amide bonds. The third kappa shape index (κ3) is 2.54. The van der Waals surface area contributed by atoms with Crippen molar-refractivity contribution in [2.75, 3.05) is 5.32 Å². The Morgan fingerprint density at radius 3 is 2.44 bits per heavy atom. The minimum atomic E-state index is -0.495. The highest BCUT2D eigenvalue weighted by Crippen LogP contribution is 2.22. The molecule has 0 saturated heterocycles. The highest BCUT2D eigenvalue weighted by atomic mass is 32.1. The van der Waals surface area contributed by atoms with Crippen LogP contribution in [0.3, 0.4) is 0 Å². The summed E-state index contributed by atoms with van der Waals surface area (Å²) >= 11 is 1.44. The Bertz CT molecular complexity index is 590. The predicted molar refractivity (Wildman–Crippen MR) is 70.1 cm³/mol. The number of benzene rings is 1. The van der Waals surface area contributed by atoms with Crippen LogP contribution in [0.1, 0.15) is 15.9 Å². The number of carbonyl (C=O) groups excluding carboxylic acids is 1. The third-order valence-corrected chi connectivity index (χ3v) is 3.36. The zero-order chi connectivity index (χ0) is 13.1. The van der Waals surface area contributed by atoms with Crippen LogP contribution in [-0.2, 0) is 0 Å². The molecule has 92 valence electrons. The number of non-ortho nitro benzene ring substituents is 1. The molecular formula is C12H10N2O3S. The molecule has 0 aliphatic rings. The summed E-state index contributed by atoms with van der Waals surface area (Å²) in [5.74, 6) is -0.268. The molecule has 0 unspecified atom stereocenters. The lowest BCUT2D eigenvalue weighted by Crippen LogP contribution is -2.11. The molecule has 1 aromatic carbocycles. The SMILES string of the molecule is Cc1ccsc1NC(=O)c1ccc([N+](=O)[O-])cc1. The molecule has 0 spiro atoms. The van der Waals surface area contributed by atoms with Gasteiger partial charge in [-0.1, -0.05) is 0 Å². The molecule has 1 N–H and O–H groups in total. The molecule has 0 fully saturated rings. The van der Waals surface area contributed by atoms with E-state index in [1.54, 1.807) is 0 Å². The Balaban J connectivity index is 2.14. The van der Waals surface area contributed by atoms with E-state index in [-0.39, 0.29) is 11.6 Å². The standard InChI is InChI=1S/C12H10N2O3S/c1-8-6-7-18-12(8)13-11(15)9-2-4-10(5-3-9)14(16)17/h2-7H,1H3,(H,13,15). The van der Waals surface area contributed by atoms with Crippen molar-refractivity contribution in [1.29, 1.82) is 0 Å². The summed E-state index contributed by atoms with van der Waals surface area (Å²) in [6.07, 6.45) is 0. The van der Waals surface area contributed by atoms with E-state index < -0.39 is 4.92 Å². The number of anilines is 1. The van der Waals surface area contributed by atoms with Crippen molar-refractivity contribution in [1.82, 2.24) is 0 Å². The van der Waals surface area contributed by atoms with E-state index in [4.69, 9.17) is 0 Å². The first-order valence-electron chi connectivity index (χ1n) is 5.18. The fraction of sp³-hybridized carbons (Fsp3) is 0.0833. The second-order valence-electron chi connectivity index (χ2n) is 3.69. The van der Waals surface area contributed by atoms with Crippen LogP contribution < -0.4 is 5.32 Å².